The van der Waals surface area contributed by atoms with Crippen molar-refractivity contribution in [1.82, 2.24) is 14.9 Å². The molecule has 116 valence electrons. The zero-order valence-electron chi connectivity index (χ0n) is 12.4. The van der Waals surface area contributed by atoms with Crippen LogP contribution in [-0.2, 0) is 12.2 Å². The number of nitrogens with zero attached hydrogens (tertiary/aromatic N) is 3. The summed E-state index contributed by atoms with van der Waals surface area (Å²) in [5, 5.41) is 0. The van der Waals surface area contributed by atoms with Crippen LogP contribution in [-0.4, -0.2) is 28.0 Å². The summed E-state index contributed by atoms with van der Waals surface area (Å²) in [5.74, 6) is 0. The highest BCUT2D eigenvalue weighted by Crippen LogP contribution is 2.37. The number of aromatic nitrogens is 2. The summed E-state index contributed by atoms with van der Waals surface area (Å²) in [7, 11) is 0. The van der Waals surface area contributed by atoms with Crippen molar-refractivity contribution in [3.8, 4) is 0 Å². The second-order valence-electron chi connectivity index (χ2n) is 6.00. The highest BCUT2D eigenvalue weighted by atomic mass is 79.9. The molecule has 0 radical (unpaired) electrons. The molecule has 0 spiro atoms. The molecule has 0 aliphatic carbocycles. The lowest BCUT2D eigenvalue weighted by molar-refractivity contribution is -0.0417. The predicted octanol–water partition coefficient (Wildman–Crippen LogP) is 4.07. The number of alkyl halides is 1. The molecular weight excluding hydrogens is 357 g/mol. The van der Waals surface area contributed by atoms with Crippen molar-refractivity contribution in [1.29, 1.82) is 0 Å². The van der Waals surface area contributed by atoms with E-state index in [1.807, 2.05) is 42.5 Å². The van der Waals surface area contributed by atoms with Gasteiger partial charge < -0.3 is 0 Å². The molecule has 4 rings (SSSR count). The third-order valence-corrected chi connectivity index (χ3v) is 4.72. The van der Waals surface area contributed by atoms with Crippen LogP contribution in [0.25, 0.3) is 11.0 Å². The molecule has 1 aliphatic heterocycles. The van der Waals surface area contributed by atoms with Crippen LogP contribution in [0.4, 0.5) is 4.39 Å². The van der Waals surface area contributed by atoms with E-state index in [1.54, 1.807) is 12.4 Å². The van der Waals surface area contributed by atoms with Crippen LogP contribution in [0.2, 0.25) is 0 Å². The first kappa shape index (κ1) is 14.7. The summed E-state index contributed by atoms with van der Waals surface area (Å²) in [5.41, 5.74) is 2.39. The van der Waals surface area contributed by atoms with Crippen molar-refractivity contribution in [3.63, 3.8) is 0 Å². The molecule has 0 amide bonds. The minimum Gasteiger partial charge on any atom is -0.292 e. The van der Waals surface area contributed by atoms with Gasteiger partial charge in [0.25, 0.3) is 0 Å². The Morgan fingerprint density at radius 2 is 1.83 bits per heavy atom. The van der Waals surface area contributed by atoms with Gasteiger partial charge in [-0.3, -0.25) is 14.9 Å². The number of hydrogen-bond donors (Lipinski definition) is 0. The van der Waals surface area contributed by atoms with Gasteiger partial charge in [0, 0.05) is 36.5 Å². The minimum atomic E-state index is -1.25. The first-order valence-electron chi connectivity index (χ1n) is 7.49. The molecule has 1 aromatic heterocycles. The van der Waals surface area contributed by atoms with Crippen LogP contribution >= 0.6 is 15.9 Å². The van der Waals surface area contributed by atoms with Gasteiger partial charge >= 0.3 is 0 Å². The Morgan fingerprint density at radius 1 is 1.04 bits per heavy atom. The SMILES string of the molecule is FC1(c2cccc(Br)c2)CN(Cc2ccc3nccnc3c2)C1. The molecule has 5 heteroatoms. The average Bonchev–Trinajstić information content (AvgIpc) is 2.53. The predicted molar refractivity (Wildman–Crippen MR) is 91.7 cm³/mol. The van der Waals surface area contributed by atoms with Gasteiger partial charge in [-0.1, -0.05) is 34.1 Å². The van der Waals surface area contributed by atoms with Gasteiger partial charge in [-0.25, -0.2) is 4.39 Å². The molecule has 1 fully saturated rings. The van der Waals surface area contributed by atoms with Crippen molar-refractivity contribution in [2.24, 2.45) is 0 Å². The Hall–Kier alpha value is -1.85. The summed E-state index contributed by atoms with van der Waals surface area (Å²) in [6.45, 7) is 1.57. The highest BCUT2D eigenvalue weighted by Gasteiger charge is 2.44. The van der Waals surface area contributed by atoms with Crippen LogP contribution in [0.15, 0.2) is 59.3 Å². The summed E-state index contributed by atoms with van der Waals surface area (Å²) < 4.78 is 15.9. The fourth-order valence-electron chi connectivity index (χ4n) is 3.09. The van der Waals surface area contributed by atoms with Crippen LogP contribution in [0, 0.1) is 0 Å². The molecule has 2 aromatic carbocycles. The molecule has 0 N–H and O–H groups in total. The van der Waals surface area contributed by atoms with Crippen molar-refractivity contribution < 1.29 is 4.39 Å². The third-order valence-electron chi connectivity index (χ3n) is 4.23. The number of rotatable bonds is 3. The zero-order valence-corrected chi connectivity index (χ0v) is 14.0. The van der Waals surface area contributed by atoms with Crippen LogP contribution < -0.4 is 0 Å². The van der Waals surface area contributed by atoms with Gasteiger partial charge in [0.15, 0.2) is 5.67 Å². The van der Waals surface area contributed by atoms with E-state index in [0.717, 1.165) is 33.2 Å². The summed E-state index contributed by atoms with van der Waals surface area (Å²) >= 11 is 3.41. The van der Waals surface area contributed by atoms with E-state index >= 15 is 0 Å². The summed E-state index contributed by atoms with van der Waals surface area (Å²) in [6, 6.07) is 13.5. The molecule has 1 aliphatic rings. The molecule has 3 nitrogen and oxygen atoms in total. The molecule has 0 bridgehead atoms. The van der Waals surface area contributed by atoms with E-state index in [2.05, 4.69) is 30.8 Å². The summed E-state index contributed by atoms with van der Waals surface area (Å²) in [6.07, 6.45) is 3.38. The van der Waals surface area contributed by atoms with Crippen molar-refractivity contribution in [3.05, 3.63) is 70.5 Å². The van der Waals surface area contributed by atoms with Crippen molar-refractivity contribution >= 4 is 27.0 Å². The molecule has 2 heterocycles. The second kappa shape index (κ2) is 5.65. The van der Waals surface area contributed by atoms with Gasteiger partial charge in [-0.05, 0) is 35.4 Å². The highest BCUT2D eigenvalue weighted by molar-refractivity contribution is 9.10. The Kier molecular flexibility index (Phi) is 3.62. The largest absolute Gasteiger partial charge is 0.292 e. The Balaban J connectivity index is 1.47. The number of likely N-dealkylation sites (tertiary alicyclic amines) is 1. The van der Waals surface area contributed by atoms with E-state index in [9.17, 15) is 4.39 Å². The maximum atomic E-state index is 14.9. The maximum Gasteiger partial charge on any atom is 0.161 e. The van der Waals surface area contributed by atoms with Crippen molar-refractivity contribution in [2.75, 3.05) is 13.1 Å². The van der Waals surface area contributed by atoms with Gasteiger partial charge in [0.2, 0.25) is 0 Å². The van der Waals surface area contributed by atoms with Crippen LogP contribution in [0.3, 0.4) is 0 Å². The number of hydrogen-bond acceptors (Lipinski definition) is 3. The number of benzene rings is 2. The molecule has 0 atom stereocenters. The smallest absolute Gasteiger partial charge is 0.161 e. The summed E-state index contributed by atoms with van der Waals surface area (Å²) in [4.78, 5) is 10.7. The number of halogens is 2. The lowest BCUT2D eigenvalue weighted by Gasteiger charge is -2.45. The number of fused-ring (bicyclic) bond motifs is 1. The van der Waals surface area contributed by atoms with E-state index in [1.165, 1.54) is 0 Å². The molecule has 3 aromatic rings. The average molecular weight is 372 g/mol. The third kappa shape index (κ3) is 2.86. The monoisotopic (exact) mass is 371 g/mol. The normalized spacial score (nSPS) is 17.1. The second-order valence-corrected chi connectivity index (χ2v) is 6.92. The quantitative estimate of drug-likeness (QED) is 0.694. The van der Waals surface area contributed by atoms with E-state index in [0.29, 0.717) is 13.1 Å². The van der Waals surface area contributed by atoms with Crippen LogP contribution in [0.5, 0.6) is 0 Å². The molecule has 23 heavy (non-hydrogen) atoms. The first-order chi connectivity index (χ1) is 11.1. The Bertz CT molecular complexity index is 862. The lowest BCUT2D eigenvalue weighted by atomic mass is 9.87. The zero-order chi connectivity index (χ0) is 15.9. The van der Waals surface area contributed by atoms with E-state index in [-0.39, 0.29) is 0 Å². The Morgan fingerprint density at radius 3 is 2.61 bits per heavy atom. The fraction of sp³-hybridized carbons (Fsp3) is 0.222. The lowest BCUT2D eigenvalue weighted by Crippen LogP contribution is -2.55. The van der Waals surface area contributed by atoms with Gasteiger partial charge in [-0.15, -0.1) is 0 Å². The molecule has 1 saturated heterocycles. The molecule has 0 saturated carbocycles. The topological polar surface area (TPSA) is 29.0 Å². The van der Waals surface area contributed by atoms with E-state index < -0.39 is 5.67 Å². The fourth-order valence-corrected chi connectivity index (χ4v) is 3.49. The minimum absolute atomic E-state index is 0.419. The van der Waals surface area contributed by atoms with Crippen molar-refractivity contribution in [2.45, 2.75) is 12.2 Å². The molecule has 0 unspecified atom stereocenters. The Labute approximate surface area is 142 Å². The first-order valence-corrected chi connectivity index (χ1v) is 8.29. The van der Waals surface area contributed by atoms with E-state index in [4.69, 9.17) is 0 Å². The van der Waals surface area contributed by atoms with Gasteiger partial charge in [0.05, 0.1) is 11.0 Å². The van der Waals surface area contributed by atoms with Crippen LogP contribution in [0.1, 0.15) is 11.1 Å². The van der Waals surface area contributed by atoms with Gasteiger partial charge in [0.1, 0.15) is 0 Å². The molecular formula is C18H15BrFN3. The maximum absolute atomic E-state index is 14.9. The standard InChI is InChI=1S/C18H15BrFN3/c19-15-3-1-2-14(9-15)18(20)11-23(12-18)10-13-4-5-16-17(8-13)22-7-6-21-16/h1-9H,10-12H2. The van der Waals surface area contributed by atoms with Gasteiger partial charge in [-0.2, -0.15) is 0 Å².